The predicted molar refractivity (Wildman–Crippen MR) is 142 cm³/mol. The van der Waals surface area contributed by atoms with E-state index in [-0.39, 0.29) is 12.5 Å². The fourth-order valence-electron chi connectivity index (χ4n) is 2.14. The molecule has 1 aromatic carbocycles. The molecule has 0 unspecified atom stereocenters. The quantitative estimate of drug-likeness (QED) is 0.426. The molecule has 32 heavy (non-hydrogen) atoms. The summed E-state index contributed by atoms with van der Waals surface area (Å²) in [5.74, 6) is -0.167. The lowest BCUT2D eigenvalue weighted by Gasteiger charge is -2.09. The molecule has 2 aromatic rings. The van der Waals surface area contributed by atoms with Gasteiger partial charge in [0.2, 0.25) is 0 Å². The highest BCUT2D eigenvalue weighted by molar-refractivity contribution is 5.69. The van der Waals surface area contributed by atoms with Crippen LogP contribution in [0.1, 0.15) is 92.0 Å². The summed E-state index contributed by atoms with van der Waals surface area (Å²) in [6, 6.07) is 7.43. The molecule has 2 rings (SSSR count). The van der Waals surface area contributed by atoms with Crippen LogP contribution in [0.25, 0.3) is 16.7 Å². The van der Waals surface area contributed by atoms with E-state index in [1.165, 1.54) is 18.9 Å². The number of allylic oxidation sites excluding steroid dienone is 3. The van der Waals surface area contributed by atoms with Crippen molar-refractivity contribution in [3.8, 4) is 11.1 Å². The van der Waals surface area contributed by atoms with Gasteiger partial charge in [-0.2, -0.15) is 0 Å². The highest BCUT2D eigenvalue weighted by atomic mass is 19.1. The topological polar surface area (TPSA) is 12.9 Å². The largest absolute Gasteiger partial charge is 0.256 e. The van der Waals surface area contributed by atoms with Crippen molar-refractivity contribution in [1.82, 2.24) is 4.98 Å². The lowest BCUT2D eigenvalue weighted by Crippen LogP contribution is -1.94. The minimum absolute atomic E-state index is 0.167. The van der Waals surface area contributed by atoms with Gasteiger partial charge in [-0.15, -0.1) is 6.58 Å². The third kappa shape index (κ3) is 14.7. The summed E-state index contributed by atoms with van der Waals surface area (Å²) in [5.41, 5.74) is 6.52. The number of alkyl halides is 1. The third-order valence-electron chi connectivity index (χ3n) is 3.99. The summed E-state index contributed by atoms with van der Waals surface area (Å²) in [6.07, 6.45) is 6.13. The van der Waals surface area contributed by atoms with Crippen molar-refractivity contribution in [2.75, 3.05) is 6.67 Å². The fraction of sp³-hybridized carbons (Fsp3) is 0.483. The second-order valence-corrected chi connectivity index (χ2v) is 7.08. The molecule has 0 bridgehead atoms. The second-order valence-electron chi connectivity index (χ2n) is 7.08. The van der Waals surface area contributed by atoms with Gasteiger partial charge in [-0.05, 0) is 70.7 Å². The van der Waals surface area contributed by atoms with Crippen LogP contribution in [0.4, 0.5) is 8.78 Å². The second kappa shape index (κ2) is 21.9. The lowest BCUT2D eigenvalue weighted by atomic mass is 10.0. The van der Waals surface area contributed by atoms with Crippen LogP contribution in [0.15, 0.2) is 48.7 Å². The van der Waals surface area contributed by atoms with Gasteiger partial charge in [-0.25, -0.2) is 4.39 Å². The molecule has 182 valence electrons. The molecule has 0 radical (unpaired) electrons. The molecule has 0 atom stereocenters. The van der Waals surface area contributed by atoms with Crippen LogP contribution < -0.4 is 0 Å². The monoisotopic (exact) mass is 447 g/mol. The molecule has 1 nitrogen and oxygen atoms in total. The summed E-state index contributed by atoms with van der Waals surface area (Å²) in [6.45, 7) is 25.1. The first-order valence-corrected chi connectivity index (χ1v) is 11.7. The minimum Gasteiger partial charge on any atom is -0.256 e. The number of hydrogen-bond acceptors (Lipinski definition) is 1. The van der Waals surface area contributed by atoms with E-state index in [4.69, 9.17) is 0 Å². The highest BCUT2D eigenvalue weighted by Crippen LogP contribution is 2.27. The van der Waals surface area contributed by atoms with E-state index in [1.54, 1.807) is 25.3 Å². The molecule has 0 fully saturated rings. The lowest BCUT2D eigenvalue weighted by molar-refractivity contribution is 0.527. The maximum Gasteiger partial charge on any atom is 0.133 e. The smallest absolute Gasteiger partial charge is 0.133 e. The zero-order valence-corrected chi connectivity index (χ0v) is 22.5. The van der Waals surface area contributed by atoms with E-state index in [0.717, 1.165) is 28.8 Å². The van der Waals surface area contributed by atoms with Gasteiger partial charge in [0.25, 0.3) is 0 Å². The maximum atomic E-state index is 14.1. The first-order valence-electron chi connectivity index (χ1n) is 11.7. The van der Waals surface area contributed by atoms with Crippen LogP contribution in [0.3, 0.4) is 0 Å². The zero-order valence-electron chi connectivity index (χ0n) is 22.5. The average molecular weight is 448 g/mol. The van der Waals surface area contributed by atoms with Crippen molar-refractivity contribution in [3.63, 3.8) is 0 Å². The molecular formula is C29H47F2N. The highest BCUT2D eigenvalue weighted by Gasteiger charge is 2.10. The normalized spacial score (nSPS) is 9.47. The van der Waals surface area contributed by atoms with E-state index < -0.39 is 0 Å². The Bertz CT molecular complexity index is 775. The molecule has 0 aliphatic rings. The number of aromatic nitrogens is 1. The number of benzene rings is 1. The SMILES string of the molecule is C/C=C(/C)c1ncc(-c2cccc(C)c2F)cc1C.C=C(C)CC.CC.CCC.CCF. The summed E-state index contributed by atoms with van der Waals surface area (Å²) in [7, 11) is 0. The molecule has 3 heteroatoms. The molecule has 0 spiro atoms. The van der Waals surface area contributed by atoms with Crippen LogP contribution >= 0.6 is 0 Å². The Balaban J connectivity index is -0.000000539. The van der Waals surface area contributed by atoms with Gasteiger partial charge in [-0.1, -0.05) is 70.9 Å². The molecular weight excluding hydrogens is 400 g/mol. The summed E-state index contributed by atoms with van der Waals surface area (Å²) in [4.78, 5) is 4.46. The van der Waals surface area contributed by atoms with Crippen molar-refractivity contribution in [2.45, 2.75) is 89.0 Å². The fourth-order valence-corrected chi connectivity index (χ4v) is 2.14. The molecule has 0 saturated heterocycles. The molecule has 0 aliphatic carbocycles. The van der Waals surface area contributed by atoms with Crippen molar-refractivity contribution in [3.05, 3.63) is 71.3 Å². The Morgan fingerprint density at radius 1 is 1.03 bits per heavy atom. The van der Waals surface area contributed by atoms with Crippen molar-refractivity contribution in [2.24, 2.45) is 0 Å². The van der Waals surface area contributed by atoms with E-state index in [9.17, 15) is 8.78 Å². The molecule has 1 aromatic heterocycles. The summed E-state index contributed by atoms with van der Waals surface area (Å²) in [5, 5.41) is 0. The Hall–Kier alpha value is -2.29. The average Bonchev–Trinajstić information content (AvgIpc) is 2.78. The summed E-state index contributed by atoms with van der Waals surface area (Å²) < 4.78 is 24.4. The Kier molecular flexibility index (Phi) is 23.5. The molecule has 0 saturated carbocycles. The number of hydrogen-bond donors (Lipinski definition) is 0. The predicted octanol–water partition coefficient (Wildman–Crippen LogP) is 10.3. The van der Waals surface area contributed by atoms with Gasteiger partial charge in [-0.3, -0.25) is 9.37 Å². The Labute approximate surface area is 197 Å². The molecule has 0 aliphatic heterocycles. The van der Waals surface area contributed by atoms with Crippen LogP contribution in [-0.4, -0.2) is 11.7 Å². The minimum atomic E-state index is -0.250. The van der Waals surface area contributed by atoms with Crippen molar-refractivity contribution < 1.29 is 8.78 Å². The Morgan fingerprint density at radius 3 is 1.88 bits per heavy atom. The van der Waals surface area contributed by atoms with Gasteiger partial charge in [0, 0.05) is 17.3 Å². The van der Waals surface area contributed by atoms with E-state index in [0.29, 0.717) is 11.1 Å². The Morgan fingerprint density at radius 2 is 1.50 bits per heavy atom. The summed E-state index contributed by atoms with van der Waals surface area (Å²) >= 11 is 0. The first kappa shape index (κ1) is 34.3. The standard InChI is InChI=1S/C17H18FN.C5H10.C3H8.C2H5F.C2H6/c1-5-11(2)17-13(4)9-14(10-19-17)15-8-6-7-12(3)16(15)18;1-4-5(2)3;1-3-2;1-2-3;1-2/h5-10H,1-4H3;2,4H2,1,3H3;3H2,1-2H3;2H2,1H3;1-2H3/b11-5-;;;;. The van der Waals surface area contributed by atoms with Crippen LogP contribution in [0, 0.1) is 19.7 Å². The number of rotatable bonds is 3. The maximum absolute atomic E-state index is 14.1. The van der Waals surface area contributed by atoms with Gasteiger partial charge in [0.15, 0.2) is 0 Å². The first-order chi connectivity index (χ1) is 15.1. The van der Waals surface area contributed by atoms with Crippen LogP contribution in [0.5, 0.6) is 0 Å². The van der Waals surface area contributed by atoms with Gasteiger partial charge >= 0.3 is 0 Å². The van der Waals surface area contributed by atoms with Crippen LogP contribution in [0.2, 0.25) is 0 Å². The molecule has 0 N–H and O–H groups in total. The van der Waals surface area contributed by atoms with Crippen LogP contribution in [-0.2, 0) is 0 Å². The molecule has 1 heterocycles. The third-order valence-corrected chi connectivity index (χ3v) is 3.99. The number of pyridine rings is 1. The molecule has 0 amide bonds. The van der Waals surface area contributed by atoms with E-state index in [2.05, 4.69) is 32.3 Å². The van der Waals surface area contributed by atoms with E-state index in [1.807, 2.05) is 59.8 Å². The van der Waals surface area contributed by atoms with Gasteiger partial charge in [0.1, 0.15) is 5.82 Å². The number of halogens is 2. The van der Waals surface area contributed by atoms with Gasteiger partial charge in [0.05, 0.1) is 12.4 Å². The number of aryl methyl sites for hydroxylation is 2. The number of nitrogens with zero attached hydrogens (tertiary/aromatic N) is 1. The van der Waals surface area contributed by atoms with Crippen molar-refractivity contribution in [1.29, 1.82) is 0 Å². The van der Waals surface area contributed by atoms with Gasteiger partial charge < -0.3 is 0 Å². The zero-order chi connectivity index (χ0) is 25.7. The van der Waals surface area contributed by atoms with E-state index >= 15 is 0 Å². The van der Waals surface area contributed by atoms with Crippen molar-refractivity contribution >= 4 is 5.57 Å².